The van der Waals surface area contributed by atoms with Gasteiger partial charge in [0.15, 0.2) is 0 Å². The molecule has 0 spiro atoms. The van der Waals surface area contributed by atoms with Gasteiger partial charge in [0.1, 0.15) is 5.75 Å². The molecule has 0 bridgehead atoms. The second kappa shape index (κ2) is 7.82. The zero-order valence-corrected chi connectivity index (χ0v) is 14.8. The maximum atomic E-state index is 12.7. The fourth-order valence-electron chi connectivity index (χ4n) is 2.76. The summed E-state index contributed by atoms with van der Waals surface area (Å²) in [6, 6.07) is 11.6. The molecule has 2 rings (SSSR count). The molecule has 1 N–H and O–H groups in total. The van der Waals surface area contributed by atoms with Gasteiger partial charge in [0.25, 0.3) is 5.91 Å². The number of allylic oxidation sites excluding steroid dienone is 1. The standard InChI is InChI=1S/C21H25NO2/c1-6-8-16-13-17(11-12-19(16)24-5)21(23)22-20-15(4)9-7-10-18(20)14(2)3/h6-7,9-14H,1,8H2,2-5H3,(H,22,23). The van der Waals surface area contributed by atoms with Crippen LogP contribution in [0.2, 0.25) is 0 Å². The molecule has 2 aromatic carbocycles. The minimum absolute atomic E-state index is 0.112. The van der Waals surface area contributed by atoms with Gasteiger partial charge in [-0.15, -0.1) is 6.58 Å². The highest BCUT2D eigenvalue weighted by molar-refractivity contribution is 6.05. The van der Waals surface area contributed by atoms with Crippen LogP contribution in [0.3, 0.4) is 0 Å². The summed E-state index contributed by atoms with van der Waals surface area (Å²) >= 11 is 0. The van der Waals surface area contributed by atoms with Gasteiger partial charge in [0, 0.05) is 11.3 Å². The monoisotopic (exact) mass is 323 g/mol. The Labute approximate surface area is 144 Å². The summed E-state index contributed by atoms with van der Waals surface area (Å²) in [5.74, 6) is 0.997. The second-order valence-corrected chi connectivity index (χ2v) is 6.17. The van der Waals surface area contributed by atoms with Crippen LogP contribution < -0.4 is 10.1 Å². The summed E-state index contributed by atoms with van der Waals surface area (Å²) in [6.45, 7) is 10.0. The summed E-state index contributed by atoms with van der Waals surface area (Å²) in [5.41, 5.74) is 4.68. The van der Waals surface area contributed by atoms with Crippen LogP contribution in [0.15, 0.2) is 49.1 Å². The topological polar surface area (TPSA) is 38.3 Å². The number of hydrogen-bond acceptors (Lipinski definition) is 2. The zero-order chi connectivity index (χ0) is 17.7. The van der Waals surface area contributed by atoms with Crippen molar-refractivity contribution in [1.82, 2.24) is 0 Å². The van der Waals surface area contributed by atoms with E-state index in [9.17, 15) is 4.79 Å². The third-order valence-electron chi connectivity index (χ3n) is 4.07. The van der Waals surface area contributed by atoms with Crippen LogP contribution in [0.1, 0.15) is 46.8 Å². The van der Waals surface area contributed by atoms with E-state index in [4.69, 9.17) is 4.74 Å². The molecular weight excluding hydrogens is 298 g/mol. The van der Waals surface area contributed by atoms with Crippen molar-refractivity contribution in [3.8, 4) is 5.75 Å². The lowest BCUT2D eigenvalue weighted by molar-refractivity contribution is 0.102. The molecule has 0 aliphatic heterocycles. The van der Waals surface area contributed by atoms with Gasteiger partial charge in [0.05, 0.1) is 7.11 Å². The van der Waals surface area contributed by atoms with Crippen molar-refractivity contribution >= 4 is 11.6 Å². The van der Waals surface area contributed by atoms with E-state index in [1.165, 1.54) is 0 Å². The number of para-hydroxylation sites is 1. The average molecular weight is 323 g/mol. The lowest BCUT2D eigenvalue weighted by Crippen LogP contribution is -2.15. The summed E-state index contributed by atoms with van der Waals surface area (Å²) in [4.78, 5) is 12.7. The third kappa shape index (κ3) is 3.85. The van der Waals surface area contributed by atoms with Crippen molar-refractivity contribution in [2.24, 2.45) is 0 Å². The Bertz CT molecular complexity index is 747. The molecule has 0 aliphatic rings. The maximum Gasteiger partial charge on any atom is 0.255 e. The maximum absolute atomic E-state index is 12.7. The lowest BCUT2D eigenvalue weighted by atomic mass is 9.98. The van der Waals surface area contributed by atoms with Crippen molar-refractivity contribution < 1.29 is 9.53 Å². The number of methoxy groups -OCH3 is 1. The number of hydrogen-bond donors (Lipinski definition) is 1. The SMILES string of the molecule is C=CCc1cc(C(=O)Nc2c(C)cccc2C(C)C)ccc1OC. The van der Waals surface area contributed by atoms with E-state index in [0.29, 0.717) is 17.9 Å². The van der Waals surface area contributed by atoms with Crippen LogP contribution in [-0.4, -0.2) is 13.0 Å². The highest BCUT2D eigenvalue weighted by Gasteiger charge is 2.14. The van der Waals surface area contributed by atoms with Gasteiger partial charge < -0.3 is 10.1 Å². The van der Waals surface area contributed by atoms with Gasteiger partial charge >= 0.3 is 0 Å². The minimum Gasteiger partial charge on any atom is -0.496 e. The normalized spacial score (nSPS) is 10.5. The van der Waals surface area contributed by atoms with Crippen LogP contribution in [0.25, 0.3) is 0 Å². The predicted octanol–water partition coefficient (Wildman–Crippen LogP) is 5.11. The fraction of sp³-hybridized carbons (Fsp3) is 0.286. The molecule has 0 radical (unpaired) electrons. The highest BCUT2D eigenvalue weighted by atomic mass is 16.5. The summed E-state index contributed by atoms with van der Waals surface area (Å²) in [7, 11) is 1.63. The number of amides is 1. The van der Waals surface area contributed by atoms with E-state index in [1.54, 1.807) is 19.3 Å². The molecule has 0 aliphatic carbocycles. The van der Waals surface area contributed by atoms with Crippen LogP contribution in [0, 0.1) is 6.92 Å². The Balaban J connectivity index is 2.34. The summed E-state index contributed by atoms with van der Waals surface area (Å²) in [6.07, 6.45) is 2.46. The Kier molecular flexibility index (Phi) is 5.80. The van der Waals surface area contributed by atoms with Crippen molar-refractivity contribution in [2.45, 2.75) is 33.1 Å². The molecule has 126 valence electrons. The molecule has 0 aromatic heterocycles. The minimum atomic E-state index is -0.112. The number of benzene rings is 2. The van der Waals surface area contributed by atoms with Crippen molar-refractivity contribution in [2.75, 3.05) is 12.4 Å². The first-order valence-corrected chi connectivity index (χ1v) is 8.16. The second-order valence-electron chi connectivity index (χ2n) is 6.17. The van der Waals surface area contributed by atoms with Crippen LogP contribution in [0.4, 0.5) is 5.69 Å². The van der Waals surface area contributed by atoms with Gasteiger partial charge in [-0.25, -0.2) is 0 Å². The van der Waals surface area contributed by atoms with E-state index in [1.807, 2.05) is 31.2 Å². The highest BCUT2D eigenvalue weighted by Crippen LogP contribution is 2.28. The molecule has 3 nitrogen and oxygen atoms in total. The first-order valence-electron chi connectivity index (χ1n) is 8.16. The molecule has 0 heterocycles. The summed E-state index contributed by atoms with van der Waals surface area (Å²) < 4.78 is 5.34. The smallest absolute Gasteiger partial charge is 0.255 e. The number of rotatable bonds is 6. The molecule has 0 saturated heterocycles. The number of carbonyl (C=O) groups excluding carboxylic acids is 1. The predicted molar refractivity (Wildman–Crippen MR) is 100 cm³/mol. The van der Waals surface area contributed by atoms with E-state index in [0.717, 1.165) is 28.1 Å². The molecule has 24 heavy (non-hydrogen) atoms. The van der Waals surface area contributed by atoms with E-state index < -0.39 is 0 Å². The number of anilines is 1. The third-order valence-corrected chi connectivity index (χ3v) is 4.07. The number of nitrogens with one attached hydrogen (secondary N) is 1. The first-order chi connectivity index (χ1) is 11.5. The largest absolute Gasteiger partial charge is 0.496 e. The lowest BCUT2D eigenvalue weighted by Gasteiger charge is -2.17. The summed E-state index contributed by atoms with van der Waals surface area (Å²) in [5, 5.41) is 3.08. The molecule has 1 amide bonds. The fourth-order valence-corrected chi connectivity index (χ4v) is 2.76. The zero-order valence-electron chi connectivity index (χ0n) is 14.8. The van der Waals surface area contributed by atoms with Gasteiger partial charge in [-0.05, 0) is 54.2 Å². The molecule has 0 saturated carbocycles. The quantitative estimate of drug-likeness (QED) is 0.750. The van der Waals surface area contributed by atoms with Gasteiger partial charge in [0.2, 0.25) is 0 Å². The molecule has 2 aromatic rings. The molecule has 0 fully saturated rings. The van der Waals surface area contributed by atoms with E-state index >= 15 is 0 Å². The van der Waals surface area contributed by atoms with Gasteiger partial charge in [-0.3, -0.25) is 4.79 Å². The molecule has 3 heteroatoms. The average Bonchev–Trinajstić information content (AvgIpc) is 2.56. The molecular formula is C21H25NO2. The first kappa shape index (κ1) is 17.8. The van der Waals surface area contributed by atoms with Crippen LogP contribution in [0.5, 0.6) is 5.75 Å². The Hall–Kier alpha value is -2.55. The van der Waals surface area contributed by atoms with Gasteiger partial charge in [-0.1, -0.05) is 38.1 Å². The number of aryl methyl sites for hydroxylation is 1. The van der Waals surface area contributed by atoms with E-state index in [-0.39, 0.29) is 5.91 Å². The molecule has 0 atom stereocenters. The van der Waals surface area contributed by atoms with Gasteiger partial charge in [-0.2, -0.15) is 0 Å². The van der Waals surface area contributed by atoms with Crippen LogP contribution >= 0.6 is 0 Å². The van der Waals surface area contributed by atoms with Crippen LogP contribution in [-0.2, 0) is 6.42 Å². The van der Waals surface area contributed by atoms with Crippen molar-refractivity contribution in [1.29, 1.82) is 0 Å². The Morgan fingerprint density at radius 3 is 2.67 bits per heavy atom. The van der Waals surface area contributed by atoms with Crippen molar-refractivity contribution in [3.05, 3.63) is 71.3 Å². The number of carbonyl (C=O) groups is 1. The number of ether oxygens (including phenoxy) is 1. The molecule has 0 unspecified atom stereocenters. The Morgan fingerprint density at radius 1 is 1.29 bits per heavy atom. The van der Waals surface area contributed by atoms with E-state index in [2.05, 4.69) is 31.8 Å². The Morgan fingerprint density at radius 2 is 2.04 bits per heavy atom. The van der Waals surface area contributed by atoms with Crippen molar-refractivity contribution in [3.63, 3.8) is 0 Å².